The molecule has 0 radical (unpaired) electrons. The van der Waals surface area contributed by atoms with Crippen LogP contribution in [0.2, 0.25) is 0 Å². The van der Waals surface area contributed by atoms with Crippen LogP contribution in [0.4, 0.5) is 0 Å². The summed E-state index contributed by atoms with van der Waals surface area (Å²) in [4.78, 5) is 28.3. The highest BCUT2D eigenvalue weighted by Gasteiger charge is 2.50. The summed E-state index contributed by atoms with van der Waals surface area (Å²) in [5.74, 6) is -1.44. The van der Waals surface area contributed by atoms with Crippen LogP contribution in [0, 0.1) is 23.7 Å². The number of rotatable bonds is 4. The molecule has 3 atom stereocenters. The predicted molar refractivity (Wildman–Crippen MR) is 80.9 cm³/mol. The summed E-state index contributed by atoms with van der Waals surface area (Å²) in [6, 6.07) is 3.60. The van der Waals surface area contributed by atoms with Crippen LogP contribution in [0.3, 0.4) is 0 Å². The first-order valence-electron chi connectivity index (χ1n) is 8.01. The van der Waals surface area contributed by atoms with E-state index in [0.717, 1.165) is 31.2 Å². The van der Waals surface area contributed by atoms with E-state index in [-0.39, 0.29) is 29.7 Å². The van der Waals surface area contributed by atoms with Gasteiger partial charge in [-0.05, 0) is 62.1 Å². The number of nitrogens with one attached hydrogen (secondary N) is 1. The van der Waals surface area contributed by atoms with Gasteiger partial charge in [0.15, 0.2) is 0 Å². The summed E-state index contributed by atoms with van der Waals surface area (Å²) in [6.45, 7) is 1.92. The van der Waals surface area contributed by atoms with Gasteiger partial charge in [0, 0.05) is 12.4 Å². The fourth-order valence-corrected chi connectivity index (χ4v) is 4.23. The first kappa shape index (κ1) is 15.0. The van der Waals surface area contributed by atoms with Crippen molar-refractivity contribution >= 4 is 11.9 Å². The molecule has 5 heteroatoms. The van der Waals surface area contributed by atoms with Crippen molar-refractivity contribution in [2.24, 2.45) is 23.7 Å². The molecule has 2 N–H and O–H groups in total. The number of hydrogen-bond donors (Lipinski definition) is 2. The monoisotopic (exact) mass is 302 g/mol. The summed E-state index contributed by atoms with van der Waals surface area (Å²) in [5.41, 5.74) is 0.983. The second kappa shape index (κ2) is 6.07. The van der Waals surface area contributed by atoms with Crippen LogP contribution < -0.4 is 5.32 Å². The van der Waals surface area contributed by atoms with Crippen molar-refractivity contribution in [3.05, 3.63) is 30.1 Å². The van der Waals surface area contributed by atoms with Gasteiger partial charge in [0.1, 0.15) is 0 Å². The van der Waals surface area contributed by atoms with Gasteiger partial charge >= 0.3 is 5.97 Å². The lowest BCUT2D eigenvalue weighted by Crippen LogP contribution is -2.51. The molecule has 5 nitrogen and oxygen atoms in total. The van der Waals surface area contributed by atoms with Gasteiger partial charge < -0.3 is 10.4 Å². The van der Waals surface area contributed by atoms with Crippen LogP contribution >= 0.6 is 0 Å². The summed E-state index contributed by atoms with van der Waals surface area (Å²) in [6.07, 6.45) is 7.25. The van der Waals surface area contributed by atoms with Gasteiger partial charge in [-0.15, -0.1) is 0 Å². The number of carbonyl (C=O) groups is 2. The molecule has 22 heavy (non-hydrogen) atoms. The van der Waals surface area contributed by atoms with Crippen molar-refractivity contribution in [3.8, 4) is 0 Å². The third-order valence-electron chi connectivity index (χ3n) is 5.37. The molecule has 1 aromatic heterocycles. The van der Waals surface area contributed by atoms with E-state index in [0.29, 0.717) is 0 Å². The standard InChI is InChI=1S/C17H22N2O3/c1-10(11-6-8-18-9-7-11)19-16(20)14-12-2-4-13(5-3-12)15(14)17(21)22/h6-10,12-15H,2-5H2,1H3,(H,19,20)(H,21,22)/t10-,12?,13?,14-,15+/m0/s1. The lowest BCUT2D eigenvalue weighted by Gasteiger charge is -2.46. The topological polar surface area (TPSA) is 79.3 Å². The van der Waals surface area contributed by atoms with E-state index < -0.39 is 11.9 Å². The summed E-state index contributed by atoms with van der Waals surface area (Å²) in [7, 11) is 0. The second-order valence-corrected chi connectivity index (χ2v) is 6.58. The highest BCUT2D eigenvalue weighted by Crippen LogP contribution is 2.49. The first-order chi connectivity index (χ1) is 10.6. The van der Waals surface area contributed by atoms with E-state index in [2.05, 4.69) is 10.3 Å². The maximum absolute atomic E-state index is 12.7. The Balaban J connectivity index is 1.74. The molecule has 1 aromatic rings. The average Bonchev–Trinajstić information content (AvgIpc) is 2.55. The van der Waals surface area contributed by atoms with Crippen LogP contribution in [0.15, 0.2) is 24.5 Å². The SMILES string of the molecule is C[C@H](NC(=O)[C@H]1C2CCC(CC2)[C@H]1C(=O)O)c1ccncc1. The van der Waals surface area contributed by atoms with Crippen LogP contribution in [0.25, 0.3) is 0 Å². The number of fused-ring (bicyclic) bond motifs is 3. The Morgan fingerprint density at radius 2 is 1.68 bits per heavy atom. The van der Waals surface area contributed by atoms with E-state index >= 15 is 0 Å². The number of carbonyl (C=O) groups excluding carboxylic acids is 1. The minimum Gasteiger partial charge on any atom is -0.481 e. The molecule has 3 fully saturated rings. The minimum absolute atomic E-state index is 0.105. The quantitative estimate of drug-likeness (QED) is 0.895. The fraction of sp³-hybridized carbons (Fsp3) is 0.588. The fourth-order valence-electron chi connectivity index (χ4n) is 4.23. The summed E-state index contributed by atoms with van der Waals surface area (Å²) in [5, 5.41) is 12.5. The molecule has 0 unspecified atom stereocenters. The zero-order chi connectivity index (χ0) is 15.7. The predicted octanol–water partition coefficient (Wildman–Crippen LogP) is 2.40. The van der Waals surface area contributed by atoms with Gasteiger partial charge in [0.2, 0.25) is 5.91 Å². The molecule has 4 rings (SSSR count). The second-order valence-electron chi connectivity index (χ2n) is 6.58. The molecule has 0 spiro atoms. The zero-order valence-corrected chi connectivity index (χ0v) is 12.7. The van der Waals surface area contributed by atoms with E-state index in [4.69, 9.17) is 0 Å². The van der Waals surface area contributed by atoms with Crippen LogP contribution in [-0.2, 0) is 9.59 Å². The van der Waals surface area contributed by atoms with Crippen molar-refractivity contribution < 1.29 is 14.7 Å². The number of aromatic nitrogens is 1. The van der Waals surface area contributed by atoms with Crippen LogP contribution in [0.5, 0.6) is 0 Å². The molecular formula is C17H22N2O3. The number of aliphatic carboxylic acids is 1. The van der Waals surface area contributed by atoms with Gasteiger partial charge in [0.05, 0.1) is 17.9 Å². The summed E-state index contributed by atoms with van der Waals surface area (Å²) >= 11 is 0. The molecule has 1 heterocycles. The molecule has 118 valence electrons. The third-order valence-corrected chi connectivity index (χ3v) is 5.37. The van der Waals surface area contributed by atoms with E-state index in [9.17, 15) is 14.7 Å². The molecular weight excluding hydrogens is 280 g/mol. The van der Waals surface area contributed by atoms with E-state index in [1.54, 1.807) is 12.4 Å². The van der Waals surface area contributed by atoms with Gasteiger partial charge in [-0.1, -0.05) is 0 Å². The Hall–Kier alpha value is -1.91. The number of hydrogen-bond acceptors (Lipinski definition) is 3. The van der Waals surface area contributed by atoms with Crippen molar-refractivity contribution in [3.63, 3.8) is 0 Å². The molecule has 3 aliphatic carbocycles. The molecule has 0 aliphatic heterocycles. The molecule has 3 saturated carbocycles. The van der Waals surface area contributed by atoms with Crippen LogP contribution in [-0.4, -0.2) is 22.0 Å². The lowest BCUT2D eigenvalue weighted by molar-refractivity contribution is -0.158. The maximum Gasteiger partial charge on any atom is 0.307 e. The Kier molecular flexibility index (Phi) is 4.14. The molecule has 3 aliphatic rings. The molecule has 1 amide bonds. The van der Waals surface area contributed by atoms with E-state index in [1.807, 2.05) is 19.1 Å². The lowest BCUT2D eigenvalue weighted by atomic mass is 9.58. The normalized spacial score (nSPS) is 31.5. The Bertz CT molecular complexity index is 552. The highest BCUT2D eigenvalue weighted by molar-refractivity contribution is 5.86. The van der Waals surface area contributed by atoms with Crippen molar-refractivity contribution in [1.82, 2.24) is 10.3 Å². The molecule has 2 bridgehead atoms. The van der Waals surface area contributed by atoms with Crippen molar-refractivity contribution in [1.29, 1.82) is 0 Å². The number of amides is 1. The number of nitrogens with zero attached hydrogens (tertiary/aromatic N) is 1. The number of pyridine rings is 1. The first-order valence-corrected chi connectivity index (χ1v) is 8.01. The maximum atomic E-state index is 12.7. The minimum atomic E-state index is -0.814. The van der Waals surface area contributed by atoms with Crippen LogP contribution in [0.1, 0.15) is 44.2 Å². The smallest absolute Gasteiger partial charge is 0.307 e. The number of carboxylic acids is 1. The largest absolute Gasteiger partial charge is 0.481 e. The van der Waals surface area contributed by atoms with Gasteiger partial charge in [-0.25, -0.2) is 0 Å². The van der Waals surface area contributed by atoms with E-state index in [1.165, 1.54) is 0 Å². The van der Waals surface area contributed by atoms with Gasteiger partial charge in [0.25, 0.3) is 0 Å². The highest BCUT2D eigenvalue weighted by atomic mass is 16.4. The Morgan fingerprint density at radius 1 is 1.14 bits per heavy atom. The van der Waals surface area contributed by atoms with Gasteiger partial charge in [-0.3, -0.25) is 14.6 Å². The summed E-state index contributed by atoms with van der Waals surface area (Å²) < 4.78 is 0. The number of carboxylic acid groups (broad SMARTS) is 1. The molecule has 0 saturated heterocycles. The Labute approximate surface area is 130 Å². The third kappa shape index (κ3) is 2.72. The zero-order valence-electron chi connectivity index (χ0n) is 12.7. The average molecular weight is 302 g/mol. The Morgan fingerprint density at radius 3 is 2.23 bits per heavy atom. The molecule has 0 aromatic carbocycles. The van der Waals surface area contributed by atoms with Crippen molar-refractivity contribution in [2.75, 3.05) is 0 Å². The van der Waals surface area contributed by atoms with Gasteiger partial charge in [-0.2, -0.15) is 0 Å². The van der Waals surface area contributed by atoms with Crippen molar-refractivity contribution in [2.45, 2.75) is 38.6 Å².